The van der Waals surface area contributed by atoms with Crippen LogP contribution in [-0.2, 0) is 13.1 Å². The molecule has 1 heterocycles. The molecule has 0 aliphatic heterocycles. The first-order valence-corrected chi connectivity index (χ1v) is 10.8. The average molecular weight is 476 g/mol. The molecule has 10 heteroatoms. The lowest BCUT2D eigenvalue weighted by Gasteiger charge is -2.24. The number of nitrogens with one attached hydrogen (secondary N) is 1. The number of hydrogen-bond donors (Lipinski definition) is 1. The van der Waals surface area contributed by atoms with E-state index in [2.05, 4.69) is 22.2 Å². The average Bonchev–Trinajstić information content (AvgIpc) is 3.36. The second kappa shape index (κ2) is 10.6. The van der Waals surface area contributed by atoms with E-state index >= 15 is 0 Å². The number of benzene rings is 3. The molecule has 35 heavy (non-hydrogen) atoms. The van der Waals surface area contributed by atoms with E-state index in [1.54, 1.807) is 26.4 Å². The van der Waals surface area contributed by atoms with Gasteiger partial charge in [-0.15, -0.1) is 6.58 Å². The van der Waals surface area contributed by atoms with Crippen molar-refractivity contribution in [1.82, 2.24) is 10.3 Å². The van der Waals surface area contributed by atoms with Crippen molar-refractivity contribution in [3.8, 4) is 11.5 Å². The van der Waals surface area contributed by atoms with Crippen LogP contribution >= 0.6 is 0 Å². The largest absolute Gasteiger partial charge is 0.493 e. The second-order valence-corrected chi connectivity index (χ2v) is 7.71. The van der Waals surface area contributed by atoms with Crippen molar-refractivity contribution in [3.63, 3.8) is 0 Å². The molecule has 0 radical (unpaired) electrons. The van der Waals surface area contributed by atoms with E-state index in [4.69, 9.17) is 14.1 Å². The highest BCUT2D eigenvalue weighted by atomic mass is 16.6. The van der Waals surface area contributed by atoms with Gasteiger partial charge in [0, 0.05) is 19.6 Å². The Labute approximate surface area is 201 Å². The molecule has 1 N–H and O–H groups in total. The predicted octanol–water partition coefficient (Wildman–Crippen LogP) is 4.95. The molecule has 4 aromatic rings. The van der Waals surface area contributed by atoms with Crippen molar-refractivity contribution < 1.29 is 19.0 Å². The minimum absolute atomic E-state index is 0.0736. The number of ether oxygens (including phenoxy) is 2. The molecule has 0 saturated heterocycles. The van der Waals surface area contributed by atoms with E-state index in [0.717, 1.165) is 11.1 Å². The van der Waals surface area contributed by atoms with Crippen molar-refractivity contribution >= 4 is 28.1 Å². The number of nitro groups is 1. The first-order chi connectivity index (χ1) is 17.0. The van der Waals surface area contributed by atoms with E-state index in [1.165, 1.54) is 0 Å². The Balaban J connectivity index is 1.76. The normalized spacial score (nSPS) is 10.7. The number of anilines is 2. The molecule has 0 fully saturated rings. The zero-order chi connectivity index (χ0) is 24.8. The Morgan fingerprint density at radius 3 is 2.49 bits per heavy atom. The van der Waals surface area contributed by atoms with E-state index in [-0.39, 0.29) is 11.2 Å². The van der Waals surface area contributed by atoms with Crippen LogP contribution in [0, 0.1) is 10.1 Å². The smallest absolute Gasteiger partial charge is 0.323 e. The molecule has 0 atom stereocenters. The van der Waals surface area contributed by atoms with E-state index < -0.39 is 4.92 Å². The number of nitro benzene ring substituents is 1. The van der Waals surface area contributed by atoms with Gasteiger partial charge in [-0.3, -0.25) is 10.1 Å². The summed E-state index contributed by atoms with van der Waals surface area (Å²) in [5.41, 5.74) is 3.04. The summed E-state index contributed by atoms with van der Waals surface area (Å²) >= 11 is 0. The number of nitrogens with zero attached hydrogens (tertiary/aromatic N) is 4. The first kappa shape index (κ1) is 23.6. The highest BCUT2D eigenvalue weighted by Crippen LogP contribution is 2.39. The SMILES string of the molecule is C=CCN(Cc1ccc(OC)c(OC)c1)c1cc(NCc2ccccc2)c([N+](=O)[O-])c2nonc12. The highest BCUT2D eigenvalue weighted by molar-refractivity contribution is 5.99. The molecule has 0 aliphatic carbocycles. The summed E-state index contributed by atoms with van der Waals surface area (Å²) in [4.78, 5) is 13.5. The van der Waals surface area contributed by atoms with Gasteiger partial charge >= 0.3 is 5.69 Å². The van der Waals surface area contributed by atoms with Crippen molar-refractivity contribution in [2.24, 2.45) is 0 Å². The maximum atomic E-state index is 12.0. The zero-order valence-electron chi connectivity index (χ0n) is 19.4. The van der Waals surface area contributed by atoms with Crippen molar-refractivity contribution in [3.05, 3.63) is 88.5 Å². The number of hydrogen-bond acceptors (Lipinski definition) is 9. The van der Waals surface area contributed by atoms with Crippen molar-refractivity contribution in [2.75, 3.05) is 31.0 Å². The van der Waals surface area contributed by atoms with Crippen LogP contribution in [-0.4, -0.2) is 36.0 Å². The standard InChI is InChI=1S/C25H25N5O5/c1-4-12-29(16-18-10-11-21(33-2)22(13-18)34-3)20-14-19(26-15-17-8-6-5-7-9-17)25(30(31)32)24-23(20)27-35-28-24/h4-11,13-14,26H,1,12,15-16H2,2-3H3. The third-order valence-corrected chi connectivity index (χ3v) is 5.51. The van der Waals surface area contributed by atoms with Gasteiger partial charge in [0.05, 0.1) is 24.8 Å². The Morgan fingerprint density at radius 2 is 1.80 bits per heavy atom. The number of rotatable bonds is 11. The van der Waals surface area contributed by atoms with Crippen LogP contribution in [0.3, 0.4) is 0 Å². The third-order valence-electron chi connectivity index (χ3n) is 5.51. The summed E-state index contributed by atoms with van der Waals surface area (Å²) in [6.45, 7) is 5.17. The molecule has 10 nitrogen and oxygen atoms in total. The molecule has 0 saturated carbocycles. The van der Waals surface area contributed by atoms with Crippen LogP contribution in [0.4, 0.5) is 17.1 Å². The van der Waals surface area contributed by atoms with Crippen molar-refractivity contribution in [2.45, 2.75) is 13.1 Å². The maximum Gasteiger partial charge on any atom is 0.323 e. The van der Waals surface area contributed by atoms with E-state index in [0.29, 0.717) is 48.0 Å². The lowest BCUT2D eigenvalue weighted by atomic mass is 10.1. The van der Waals surface area contributed by atoms with Crippen LogP contribution in [0.15, 0.2) is 71.9 Å². The summed E-state index contributed by atoms with van der Waals surface area (Å²) in [5.74, 6) is 1.23. The summed E-state index contributed by atoms with van der Waals surface area (Å²) in [7, 11) is 3.16. The lowest BCUT2D eigenvalue weighted by molar-refractivity contribution is -0.382. The van der Waals surface area contributed by atoms with Gasteiger partial charge in [0.25, 0.3) is 0 Å². The summed E-state index contributed by atoms with van der Waals surface area (Å²) in [6.07, 6.45) is 1.75. The first-order valence-electron chi connectivity index (χ1n) is 10.8. The molecule has 3 aromatic carbocycles. The van der Waals surface area contributed by atoms with Gasteiger partial charge in [0.1, 0.15) is 5.69 Å². The second-order valence-electron chi connectivity index (χ2n) is 7.71. The molecular weight excluding hydrogens is 450 g/mol. The number of aromatic nitrogens is 2. The quantitative estimate of drug-likeness (QED) is 0.183. The summed E-state index contributed by atoms with van der Waals surface area (Å²) in [5, 5.41) is 23.0. The summed E-state index contributed by atoms with van der Waals surface area (Å²) < 4.78 is 15.7. The van der Waals surface area contributed by atoms with Gasteiger partial charge in [0.15, 0.2) is 17.0 Å². The summed E-state index contributed by atoms with van der Waals surface area (Å²) in [6, 6.07) is 17.0. The molecule has 1 aromatic heterocycles. The van der Waals surface area contributed by atoms with Gasteiger partial charge < -0.3 is 19.7 Å². The Bertz CT molecular complexity index is 1340. The molecule has 0 amide bonds. The number of methoxy groups -OCH3 is 2. The Morgan fingerprint density at radius 1 is 1.06 bits per heavy atom. The molecule has 0 aliphatic rings. The van der Waals surface area contributed by atoms with Crippen LogP contribution in [0.1, 0.15) is 11.1 Å². The fraction of sp³-hybridized carbons (Fsp3) is 0.200. The minimum atomic E-state index is -0.476. The topological polar surface area (TPSA) is 116 Å². The number of fused-ring (bicyclic) bond motifs is 1. The molecule has 180 valence electrons. The van der Waals surface area contributed by atoms with Gasteiger partial charge in [-0.2, -0.15) is 0 Å². The molecule has 4 rings (SSSR count). The van der Waals surface area contributed by atoms with E-state index in [9.17, 15) is 10.1 Å². The molecule has 0 spiro atoms. The van der Waals surface area contributed by atoms with Crippen LogP contribution in [0.5, 0.6) is 11.5 Å². The fourth-order valence-corrected chi connectivity index (χ4v) is 3.87. The third kappa shape index (κ3) is 5.01. The monoisotopic (exact) mass is 475 g/mol. The Kier molecular flexibility index (Phi) is 7.10. The maximum absolute atomic E-state index is 12.0. The van der Waals surface area contributed by atoms with Gasteiger partial charge in [-0.25, -0.2) is 4.63 Å². The fourth-order valence-electron chi connectivity index (χ4n) is 3.87. The van der Waals surface area contributed by atoms with Gasteiger partial charge in [0.2, 0.25) is 5.52 Å². The molecule has 0 unspecified atom stereocenters. The minimum Gasteiger partial charge on any atom is -0.493 e. The molecular formula is C25H25N5O5. The van der Waals surface area contributed by atoms with Crippen LogP contribution < -0.4 is 19.7 Å². The van der Waals surface area contributed by atoms with Crippen LogP contribution in [0.2, 0.25) is 0 Å². The predicted molar refractivity (Wildman–Crippen MR) is 133 cm³/mol. The van der Waals surface area contributed by atoms with Gasteiger partial charge in [-0.1, -0.05) is 42.5 Å². The van der Waals surface area contributed by atoms with Gasteiger partial charge in [-0.05, 0) is 39.6 Å². The highest BCUT2D eigenvalue weighted by Gasteiger charge is 2.27. The van der Waals surface area contributed by atoms with Crippen molar-refractivity contribution in [1.29, 1.82) is 0 Å². The Hall–Kier alpha value is -4.60. The van der Waals surface area contributed by atoms with E-state index in [1.807, 2.05) is 53.4 Å². The zero-order valence-corrected chi connectivity index (χ0v) is 19.4. The molecule has 0 bridgehead atoms. The van der Waals surface area contributed by atoms with Crippen LogP contribution in [0.25, 0.3) is 11.0 Å². The lowest BCUT2D eigenvalue weighted by Crippen LogP contribution is -2.23.